The highest BCUT2D eigenvalue weighted by Crippen LogP contribution is 2.44. The standard InChI is InChI=1S/C25H21N3O2S2/c1-4-30-24(29)10-8-22-25(19-6-5-18(14-26)13-16(19)2)20(15-31-22)21-7-9-23(32-21)28-12-11-27-17(28)3/h5-13,15H,4H2,1-3H3. The average Bonchev–Trinajstić information content (AvgIpc) is 3.51. The Labute approximate surface area is 194 Å². The number of carbonyl (C=O) groups excluding carboxylic acids is 1. The molecule has 0 aliphatic rings. The van der Waals surface area contributed by atoms with Gasteiger partial charge >= 0.3 is 5.97 Å². The third kappa shape index (κ3) is 4.28. The van der Waals surface area contributed by atoms with Crippen molar-refractivity contribution >= 4 is 34.7 Å². The van der Waals surface area contributed by atoms with Crippen LogP contribution in [0.3, 0.4) is 0 Å². The van der Waals surface area contributed by atoms with E-state index in [1.54, 1.807) is 35.8 Å². The third-order valence-corrected chi connectivity index (χ3v) is 7.09. The predicted octanol–water partition coefficient (Wildman–Crippen LogP) is 6.39. The molecule has 4 rings (SSSR count). The van der Waals surface area contributed by atoms with Gasteiger partial charge in [-0.2, -0.15) is 5.26 Å². The van der Waals surface area contributed by atoms with E-state index in [0.717, 1.165) is 42.8 Å². The van der Waals surface area contributed by atoms with Gasteiger partial charge in [-0.05, 0) is 62.2 Å². The predicted molar refractivity (Wildman–Crippen MR) is 130 cm³/mol. The minimum absolute atomic E-state index is 0.339. The van der Waals surface area contributed by atoms with Gasteiger partial charge in [-0.25, -0.2) is 9.78 Å². The number of hydrogen-bond donors (Lipinski definition) is 0. The van der Waals surface area contributed by atoms with E-state index in [1.165, 1.54) is 6.08 Å². The molecule has 3 heterocycles. The van der Waals surface area contributed by atoms with Crippen LogP contribution in [0.15, 0.2) is 54.2 Å². The van der Waals surface area contributed by atoms with Crippen molar-refractivity contribution in [1.82, 2.24) is 9.55 Å². The van der Waals surface area contributed by atoms with Crippen LogP contribution in [0.2, 0.25) is 0 Å². The Morgan fingerprint density at radius 3 is 2.78 bits per heavy atom. The van der Waals surface area contributed by atoms with Gasteiger partial charge in [0.2, 0.25) is 0 Å². The first-order chi connectivity index (χ1) is 15.5. The van der Waals surface area contributed by atoms with Crippen molar-refractivity contribution in [3.8, 4) is 32.6 Å². The van der Waals surface area contributed by atoms with Crippen LogP contribution in [0.4, 0.5) is 0 Å². The van der Waals surface area contributed by atoms with E-state index in [9.17, 15) is 10.1 Å². The zero-order valence-corrected chi connectivity index (χ0v) is 19.6. The molecule has 0 radical (unpaired) electrons. The van der Waals surface area contributed by atoms with Crippen molar-refractivity contribution in [3.63, 3.8) is 0 Å². The summed E-state index contributed by atoms with van der Waals surface area (Å²) >= 11 is 3.27. The van der Waals surface area contributed by atoms with Gasteiger partial charge in [0.05, 0.1) is 18.2 Å². The first-order valence-corrected chi connectivity index (χ1v) is 11.8. The van der Waals surface area contributed by atoms with Crippen LogP contribution in [-0.4, -0.2) is 22.1 Å². The second-order valence-corrected chi connectivity index (χ2v) is 9.07. The highest BCUT2D eigenvalue weighted by molar-refractivity contribution is 7.18. The summed E-state index contributed by atoms with van der Waals surface area (Å²) in [6, 6.07) is 12.1. The van der Waals surface area contributed by atoms with Crippen molar-refractivity contribution in [2.24, 2.45) is 0 Å². The smallest absolute Gasteiger partial charge is 0.330 e. The number of imidazole rings is 1. The summed E-state index contributed by atoms with van der Waals surface area (Å²) in [6.45, 7) is 6.11. The lowest BCUT2D eigenvalue weighted by molar-refractivity contribution is -0.137. The highest BCUT2D eigenvalue weighted by Gasteiger charge is 2.18. The summed E-state index contributed by atoms with van der Waals surface area (Å²) in [5.74, 6) is 0.573. The molecule has 0 bridgehead atoms. The topological polar surface area (TPSA) is 67.9 Å². The Bertz CT molecular complexity index is 1350. The largest absolute Gasteiger partial charge is 0.463 e. The minimum atomic E-state index is -0.362. The quantitative estimate of drug-likeness (QED) is 0.247. The van der Waals surface area contributed by atoms with Gasteiger partial charge in [-0.3, -0.25) is 4.57 Å². The molecule has 0 atom stereocenters. The maximum atomic E-state index is 11.9. The van der Waals surface area contributed by atoms with E-state index in [1.807, 2.05) is 44.3 Å². The summed E-state index contributed by atoms with van der Waals surface area (Å²) in [7, 11) is 0. The van der Waals surface area contributed by atoms with Crippen molar-refractivity contribution < 1.29 is 9.53 Å². The second-order valence-electron chi connectivity index (χ2n) is 7.10. The molecule has 4 aromatic rings. The van der Waals surface area contributed by atoms with Crippen molar-refractivity contribution in [2.45, 2.75) is 20.8 Å². The average molecular weight is 460 g/mol. The number of nitrogens with zero attached hydrogens (tertiary/aromatic N) is 3. The van der Waals surface area contributed by atoms with Gasteiger partial charge in [-0.15, -0.1) is 22.7 Å². The lowest BCUT2D eigenvalue weighted by atomic mass is 9.95. The lowest BCUT2D eigenvalue weighted by Crippen LogP contribution is -1.98. The fourth-order valence-corrected chi connectivity index (χ4v) is 5.62. The van der Waals surface area contributed by atoms with Crippen LogP contribution >= 0.6 is 22.7 Å². The Hall–Kier alpha value is -3.47. The number of benzene rings is 1. The zero-order valence-electron chi connectivity index (χ0n) is 18.0. The Balaban J connectivity index is 1.83. The highest BCUT2D eigenvalue weighted by atomic mass is 32.1. The number of aryl methyl sites for hydroxylation is 2. The summed E-state index contributed by atoms with van der Waals surface area (Å²) in [4.78, 5) is 18.3. The SMILES string of the molecule is CCOC(=O)C=Cc1scc(-c2ccc(-n3ccnc3C)s2)c1-c1ccc(C#N)cc1C. The van der Waals surface area contributed by atoms with Gasteiger partial charge in [0.25, 0.3) is 0 Å². The van der Waals surface area contributed by atoms with Crippen LogP contribution in [0, 0.1) is 25.2 Å². The van der Waals surface area contributed by atoms with Crippen LogP contribution in [0.25, 0.3) is 32.6 Å². The molecule has 0 aliphatic carbocycles. The molecule has 3 aromatic heterocycles. The van der Waals surface area contributed by atoms with Gasteiger partial charge in [-0.1, -0.05) is 6.07 Å². The second kappa shape index (κ2) is 9.35. The number of rotatable bonds is 6. The Morgan fingerprint density at radius 1 is 1.25 bits per heavy atom. The van der Waals surface area contributed by atoms with Gasteiger partial charge in [0.15, 0.2) is 0 Å². The molecule has 0 spiro atoms. The van der Waals surface area contributed by atoms with Crippen molar-refractivity contribution in [2.75, 3.05) is 6.61 Å². The number of carbonyl (C=O) groups is 1. The molecule has 0 saturated carbocycles. The molecule has 0 N–H and O–H groups in total. The molecule has 5 nitrogen and oxygen atoms in total. The number of thiophene rings is 2. The van der Waals surface area contributed by atoms with Crippen LogP contribution in [0.5, 0.6) is 0 Å². The number of ether oxygens (including phenoxy) is 1. The number of aromatic nitrogens is 2. The molecule has 32 heavy (non-hydrogen) atoms. The maximum Gasteiger partial charge on any atom is 0.330 e. The molecule has 7 heteroatoms. The normalized spacial score (nSPS) is 11.1. The van der Waals surface area contributed by atoms with E-state index in [4.69, 9.17) is 4.74 Å². The van der Waals surface area contributed by atoms with Crippen LogP contribution in [0.1, 0.15) is 28.8 Å². The first-order valence-electron chi connectivity index (χ1n) is 10.1. The monoisotopic (exact) mass is 459 g/mol. The molecule has 160 valence electrons. The molecule has 1 aromatic carbocycles. The van der Waals surface area contributed by atoms with Crippen molar-refractivity contribution in [3.05, 3.63) is 76.0 Å². The Morgan fingerprint density at radius 2 is 2.09 bits per heavy atom. The summed E-state index contributed by atoms with van der Waals surface area (Å²) < 4.78 is 7.11. The molecule has 0 fully saturated rings. The van der Waals surface area contributed by atoms with E-state index >= 15 is 0 Å². The molecule has 0 saturated heterocycles. The summed E-state index contributed by atoms with van der Waals surface area (Å²) in [5, 5.41) is 12.5. The van der Waals surface area contributed by atoms with Crippen LogP contribution < -0.4 is 0 Å². The van der Waals surface area contributed by atoms with E-state index in [-0.39, 0.29) is 5.97 Å². The number of esters is 1. The van der Waals surface area contributed by atoms with Crippen LogP contribution in [-0.2, 0) is 9.53 Å². The van der Waals surface area contributed by atoms with E-state index in [2.05, 4.69) is 33.1 Å². The molecular formula is C25H21N3O2S2. The minimum Gasteiger partial charge on any atom is -0.463 e. The van der Waals surface area contributed by atoms with Crippen molar-refractivity contribution in [1.29, 1.82) is 5.26 Å². The number of nitriles is 1. The van der Waals surface area contributed by atoms with E-state index < -0.39 is 0 Å². The summed E-state index contributed by atoms with van der Waals surface area (Å²) in [6.07, 6.45) is 7.03. The van der Waals surface area contributed by atoms with Gasteiger partial charge in [0, 0.05) is 44.7 Å². The van der Waals surface area contributed by atoms with Gasteiger partial charge in [0.1, 0.15) is 10.8 Å². The third-order valence-electron chi connectivity index (χ3n) is 5.02. The molecule has 0 unspecified atom stereocenters. The fourth-order valence-electron chi connectivity index (χ4n) is 3.52. The molecule has 0 amide bonds. The molecule has 0 aliphatic heterocycles. The molecular weight excluding hydrogens is 438 g/mol. The first kappa shape index (κ1) is 21.8. The lowest BCUT2D eigenvalue weighted by Gasteiger charge is -2.09. The van der Waals surface area contributed by atoms with E-state index in [0.29, 0.717) is 12.2 Å². The Kier molecular flexibility index (Phi) is 6.35. The van der Waals surface area contributed by atoms with Gasteiger partial charge < -0.3 is 4.74 Å². The zero-order chi connectivity index (χ0) is 22.7. The maximum absolute atomic E-state index is 11.9. The number of hydrogen-bond acceptors (Lipinski definition) is 6. The summed E-state index contributed by atoms with van der Waals surface area (Å²) in [5.41, 5.74) is 4.82. The fraction of sp³-hybridized carbons (Fsp3) is 0.160.